The van der Waals surface area contributed by atoms with Gasteiger partial charge in [-0.1, -0.05) is 0 Å². The van der Waals surface area contributed by atoms with Gasteiger partial charge in [0.05, 0.1) is 53.8 Å². The van der Waals surface area contributed by atoms with Crippen LogP contribution in [0.5, 0.6) is 23.0 Å². The summed E-state index contributed by atoms with van der Waals surface area (Å²) >= 11 is 0. The number of nitrogens with one attached hydrogen (secondary N) is 1. The molecule has 0 saturated heterocycles. The molecule has 7 heteroatoms. The van der Waals surface area contributed by atoms with Crippen molar-refractivity contribution in [3.05, 3.63) is 52.4 Å². The van der Waals surface area contributed by atoms with Crippen LogP contribution in [-0.2, 0) is 16.0 Å². The van der Waals surface area contributed by atoms with E-state index in [9.17, 15) is 0 Å². The van der Waals surface area contributed by atoms with Crippen LogP contribution in [0, 0.1) is 0 Å². The molecular formula is C23H26NO6+. The lowest BCUT2D eigenvalue weighted by Gasteiger charge is -2.33. The highest BCUT2D eigenvalue weighted by Crippen LogP contribution is 2.43. The van der Waals surface area contributed by atoms with E-state index in [0.29, 0.717) is 29.5 Å². The summed E-state index contributed by atoms with van der Waals surface area (Å²) in [7, 11) is 9.89. The number of ether oxygens (including phenoxy) is 6. The molecule has 2 heterocycles. The molecule has 0 aromatic heterocycles. The lowest BCUT2D eigenvalue weighted by molar-refractivity contribution is -0.816. The van der Waals surface area contributed by atoms with E-state index in [4.69, 9.17) is 28.4 Å². The lowest BCUT2D eigenvalue weighted by atomic mass is 9.90. The third kappa shape index (κ3) is 2.85. The van der Waals surface area contributed by atoms with Crippen LogP contribution in [0.1, 0.15) is 22.3 Å². The first kappa shape index (κ1) is 20.0. The third-order valence-electron chi connectivity index (χ3n) is 5.61. The minimum absolute atomic E-state index is 0.616. The van der Waals surface area contributed by atoms with Crippen LogP contribution >= 0.6 is 0 Å². The highest BCUT2D eigenvalue weighted by molar-refractivity contribution is 5.91. The van der Waals surface area contributed by atoms with Gasteiger partial charge in [0.25, 0.3) is 5.88 Å². The molecule has 0 fully saturated rings. The van der Waals surface area contributed by atoms with Gasteiger partial charge in [0.2, 0.25) is 0 Å². The summed E-state index contributed by atoms with van der Waals surface area (Å²) in [4.78, 5) is 1.02. The summed E-state index contributed by atoms with van der Waals surface area (Å²) in [6, 6.07) is 7.84. The molecule has 4 rings (SSSR count). The molecule has 2 aromatic carbocycles. The van der Waals surface area contributed by atoms with Crippen LogP contribution in [0.25, 0.3) is 17.5 Å². The smallest absolute Gasteiger partial charge is 0.295 e. The molecule has 0 bridgehead atoms. The average Bonchev–Trinajstić information content (AvgIpc) is 2.79. The molecule has 0 amide bonds. The zero-order valence-corrected chi connectivity index (χ0v) is 18.0. The second-order valence-corrected chi connectivity index (χ2v) is 6.90. The fourth-order valence-corrected chi connectivity index (χ4v) is 4.26. The van der Waals surface area contributed by atoms with Crippen LogP contribution in [0.15, 0.2) is 30.1 Å². The van der Waals surface area contributed by atoms with Crippen molar-refractivity contribution in [2.45, 2.75) is 6.54 Å². The van der Waals surface area contributed by atoms with Gasteiger partial charge in [-0.2, -0.15) is 0 Å². The summed E-state index contributed by atoms with van der Waals surface area (Å²) in [6.45, 7) is 0.616. The molecular weight excluding hydrogens is 386 g/mol. The van der Waals surface area contributed by atoms with Crippen LogP contribution in [0.2, 0.25) is 0 Å². The molecule has 7 nitrogen and oxygen atoms in total. The molecule has 1 atom stereocenters. The topological polar surface area (TPSA) is 59.8 Å². The highest BCUT2D eigenvalue weighted by Gasteiger charge is 2.41. The van der Waals surface area contributed by atoms with E-state index in [0.717, 1.165) is 44.5 Å². The minimum atomic E-state index is 0.616. The van der Waals surface area contributed by atoms with Crippen molar-refractivity contribution in [2.24, 2.45) is 0 Å². The first-order valence-corrected chi connectivity index (χ1v) is 9.52. The maximum Gasteiger partial charge on any atom is 0.295 e. The Kier molecular flexibility index (Phi) is 5.22. The Balaban J connectivity index is 2.04. The number of fused-ring (bicyclic) bond motifs is 4. The summed E-state index contributed by atoms with van der Waals surface area (Å²) < 4.78 is 34.0. The van der Waals surface area contributed by atoms with E-state index in [1.807, 2.05) is 30.3 Å². The van der Waals surface area contributed by atoms with Gasteiger partial charge in [-0.25, -0.2) is 4.90 Å². The molecule has 0 saturated carbocycles. The Morgan fingerprint density at radius 1 is 0.700 bits per heavy atom. The zero-order valence-electron chi connectivity index (χ0n) is 18.0. The van der Waals surface area contributed by atoms with E-state index in [1.165, 1.54) is 0 Å². The summed E-state index contributed by atoms with van der Waals surface area (Å²) in [5.74, 6) is 4.23. The Morgan fingerprint density at radius 3 is 2.00 bits per heavy atom. The van der Waals surface area contributed by atoms with E-state index < -0.39 is 0 Å². The fourth-order valence-electron chi connectivity index (χ4n) is 4.26. The number of hydrogen-bond donors (Lipinski definition) is 1. The first-order valence-electron chi connectivity index (χ1n) is 9.52. The van der Waals surface area contributed by atoms with E-state index >= 15 is 0 Å². The normalized spacial score (nSPS) is 16.6. The first-order chi connectivity index (χ1) is 14.6. The van der Waals surface area contributed by atoms with E-state index in [2.05, 4.69) is 0 Å². The predicted octanol–water partition coefficient (Wildman–Crippen LogP) is 2.55. The van der Waals surface area contributed by atoms with Crippen LogP contribution in [-0.4, -0.2) is 42.7 Å². The van der Waals surface area contributed by atoms with Crippen molar-refractivity contribution in [2.75, 3.05) is 42.7 Å². The van der Waals surface area contributed by atoms with Crippen molar-refractivity contribution in [3.8, 4) is 23.0 Å². The minimum Gasteiger partial charge on any atom is -0.493 e. The Hall–Kier alpha value is -3.32. The maximum absolute atomic E-state index is 5.95. The molecule has 158 valence electrons. The number of rotatable bonds is 6. The highest BCUT2D eigenvalue weighted by atomic mass is 16.5. The largest absolute Gasteiger partial charge is 0.493 e. The van der Waals surface area contributed by atoms with Gasteiger partial charge in [-0.15, -0.1) is 0 Å². The number of benzene rings is 2. The maximum atomic E-state index is 5.95. The van der Waals surface area contributed by atoms with E-state index in [-0.39, 0.29) is 0 Å². The molecule has 0 radical (unpaired) electrons. The van der Waals surface area contributed by atoms with Crippen LogP contribution in [0.4, 0.5) is 0 Å². The standard InChI is InChI=1S/C23H25NO6/c1-25-17-8-7-14-16(22(17)29-5)12-24-20(28-4)10-13-9-18(26-2)19(27-3)11-15(13)21(24)23(14)30-6/h7-11H,12H2,1-6H3/p+1. The van der Waals surface area contributed by atoms with Gasteiger partial charge < -0.3 is 28.4 Å². The quantitative estimate of drug-likeness (QED) is 0.787. The molecule has 2 aromatic rings. The molecule has 2 aliphatic heterocycles. The average molecular weight is 412 g/mol. The Bertz CT molecular complexity index is 1060. The molecule has 1 unspecified atom stereocenters. The van der Waals surface area contributed by atoms with Gasteiger partial charge >= 0.3 is 0 Å². The van der Waals surface area contributed by atoms with Gasteiger partial charge in [0.1, 0.15) is 6.54 Å². The van der Waals surface area contributed by atoms with Gasteiger partial charge in [0, 0.05) is 17.2 Å². The predicted molar refractivity (Wildman–Crippen MR) is 113 cm³/mol. The summed E-state index contributed by atoms with van der Waals surface area (Å²) in [5, 5.41) is 0. The van der Waals surface area contributed by atoms with Crippen molar-refractivity contribution in [1.82, 2.24) is 0 Å². The Morgan fingerprint density at radius 2 is 1.40 bits per heavy atom. The number of quaternary nitrogens is 1. The number of methoxy groups -OCH3 is 6. The fraction of sp³-hybridized carbons (Fsp3) is 0.304. The van der Waals surface area contributed by atoms with Gasteiger partial charge in [0.15, 0.2) is 34.5 Å². The van der Waals surface area contributed by atoms with Gasteiger partial charge in [-0.3, -0.25) is 0 Å². The van der Waals surface area contributed by atoms with Crippen LogP contribution in [0.3, 0.4) is 0 Å². The van der Waals surface area contributed by atoms with Crippen LogP contribution < -0.4 is 23.8 Å². The van der Waals surface area contributed by atoms with Crippen molar-refractivity contribution in [3.63, 3.8) is 0 Å². The molecule has 30 heavy (non-hydrogen) atoms. The zero-order chi connectivity index (χ0) is 21.4. The van der Waals surface area contributed by atoms with E-state index in [1.54, 1.807) is 42.7 Å². The molecule has 2 aliphatic rings. The SMILES string of the molecule is COC1=Cc2cc(OC)c(OC)cc2C2=C(OC)c3ccc(OC)c(OC)c3C[NH+]12. The van der Waals surface area contributed by atoms with Crippen molar-refractivity contribution < 1.29 is 33.3 Å². The second kappa shape index (κ2) is 7.84. The van der Waals surface area contributed by atoms with Crippen molar-refractivity contribution in [1.29, 1.82) is 0 Å². The summed E-state index contributed by atoms with van der Waals surface area (Å²) in [6.07, 6.45) is 2.01. The summed E-state index contributed by atoms with van der Waals surface area (Å²) in [5.41, 5.74) is 4.92. The molecule has 0 spiro atoms. The third-order valence-corrected chi connectivity index (χ3v) is 5.61. The molecule has 1 N–H and O–H groups in total. The molecule has 0 aliphatic carbocycles. The van der Waals surface area contributed by atoms with Gasteiger partial charge in [-0.05, 0) is 24.3 Å². The second-order valence-electron chi connectivity index (χ2n) is 6.90. The monoisotopic (exact) mass is 412 g/mol. The van der Waals surface area contributed by atoms with Crippen molar-refractivity contribution >= 4 is 17.5 Å². The Labute approximate surface area is 176 Å². The number of hydrogen-bond acceptors (Lipinski definition) is 6. The lowest BCUT2D eigenvalue weighted by Crippen LogP contribution is -3.07.